The number of hydrogen-bond acceptors (Lipinski definition) is 4. The van der Waals surface area contributed by atoms with Gasteiger partial charge in [-0.2, -0.15) is 0 Å². The Labute approximate surface area is 651 Å². The van der Waals surface area contributed by atoms with E-state index in [-0.39, 0.29) is 0 Å². The van der Waals surface area contributed by atoms with E-state index in [4.69, 9.17) is 8.83 Å². The standard InChI is InChI=1S/C108H72N2O2/c1-6-21-73(22-7-1)78-37-39-81(40-38-78)84-53-58-91(59-54-84)109(92-64-55-85(56-65-92)96-67-68-99-97-34-17-19-36-103(97)111-107(99)105(96)86-45-41-79(42-46-86)74-23-8-2-9-24-74)101-35-18-16-33-95(101)90-32-20-31-88(71-90)89-57-66-98-100-69-70-102(106(108(100)112-104(98)72-89)87-47-43-80(44-48-87)75-25-10-3-11-26-75)110(93-60-49-82(50-61-93)76-27-12-4-13-28-76)94-62-51-83(52-63-94)77-29-14-5-15-30-77/h1-72H. The lowest BCUT2D eigenvalue weighted by molar-refractivity contribution is 0.670. The number of rotatable bonds is 17. The summed E-state index contributed by atoms with van der Waals surface area (Å²) in [6.07, 6.45) is 0. The summed E-state index contributed by atoms with van der Waals surface area (Å²) in [5, 5.41) is 4.27. The molecule has 526 valence electrons. The van der Waals surface area contributed by atoms with Crippen LogP contribution < -0.4 is 9.80 Å². The number of furan rings is 2. The Kier molecular flexibility index (Phi) is 17.3. The summed E-state index contributed by atoms with van der Waals surface area (Å²) in [6.45, 7) is 0. The van der Waals surface area contributed by atoms with Crippen LogP contribution in [0.4, 0.5) is 34.1 Å². The number of hydrogen-bond donors (Lipinski definition) is 0. The van der Waals surface area contributed by atoms with Crippen LogP contribution in [0.5, 0.6) is 0 Å². The highest BCUT2D eigenvalue weighted by Crippen LogP contribution is 2.50. The van der Waals surface area contributed by atoms with Crippen LogP contribution in [-0.2, 0) is 0 Å². The smallest absolute Gasteiger partial charge is 0.145 e. The maximum absolute atomic E-state index is 7.43. The second kappa shape index (κ2) is 29.0. The molecule has 2 aromatic heterocycles. The summed E-state index contributed by atoms with van der Waals surface area (Å²) in [5.41, 5.74) is 34.1. The molecule has 0 aliphatic rings. The Hall–Kier alpha value is -14.8. The lowest BCUT2D eigenvalue weighted by Crippen LogP contribution is -2.11. The molecular weight excluding hydrogens is 1360 g/mol. The van der Waals surface area contributed by atoms with Gasteiger partial charge < -0.3 is 18.6 Å². The fourth-order valence-corrected chi connectivity index (χ4v) is 16.3. The SMILES string of the molecule is c1ccc(-c2ccc(-c3ccc(N(c4ccc(-c5ccc6c(oc7ccccc76)c5-c5ccc(-c6ccccc6)cc5)cc4)c4ccccc4-c4cccc(-c5ccc6c(c5)oc5c(-c7ccc(-c8ccccc8)cc7)c(N(c7ccc(-c8ccccc8)cc7)c7ccc(-c8ccccc8)cc7)ccc56)c4)cc3)cc2)cc1. The Bertz CT molecular complexity index is 6680. The van der Waals surface area contributed by atoms with Crippen LogP contribution in [0.1, 0.15) is 0 Å². The molecule has 0 aliphatic heterocycles. The fraction of sp³-hybridized carbons (Fsp3) is 0. The van der Waals surface area contributed by atoms with Crippen molar-refractivity contribution in [3.8, 4) is 122 Å². The highest BCUT2D eigenvalue weighted by Gasteiger charge is 2.26. The second-order valence-electron chi connectivity index (χ2n) is 28.6. The van der Waals surface area contributed by atoms with Gasteiger partial charge in [-0.1, -0.05) is 340 Å². The summed E-state index contributed by atoms with van der Waals surface area (Å²) in [7, 11) is 0. The van der Waals surface area contributed by atoms with Crippen molar-refractivity contribution in [2.75, 3.05) is 9.80 Å². The van der Waals surface area contributed by atoms with Crippen molar-refractivity contribution in [1.82, 2.24) is 0 Å². The average Bonchev–Trinajstić information content (AvgIpc) is 1.54. The van der Waals surface area contributed by atoms with Crippen LogP contribution in [0.3, 0.4) is 0 Å². The van der Waals surface area contributed by atoms with Crippen molar-refractivity contribution in [3.63, 3.8) is 0 Å². The molecule has 0 saturated heterocycles. The van der Waals surface area contributed by atoms with Gasteiger partial charge in [-0.05, 0) is 203 Å². The largest absolute Gasteiger partial charge is 0.455 e. The number of benzene rings is 18. The van der Waals surface area contributed by atoms with Crippen LogP contribution in [0, 0.1) is 0 Å². The molecule has 18 aromatic carbocycles. The van der Waals surface area contributed by atoms with Crippen molar-refractivity contribution >= 4 is 78.0 Å². The van der Waals surface area contributed by atoms with E-state index < -0.39 is 0 Å². The van der Waals surface area contributed by atoms with E-state index in [0.717, 1.165) is 173 Å². The van der Waals surface area contributed by atoms with E-state index in [1.807, 2.05) is 6.07 Å². The summed E-state index contributed by atoms with van der Waals surface area (Å²) in [6, 6.07) is 158. The van der Waals surface area contributed by atoms with E-state index >= 15 is 0 Å². The molecule has 4 heteroatoms. The Morgan fingerprint density at radius 1 is 0.152 bits per heavy atom. The summed E-state index contributed by atoms with van der Waals surface area (Å²) < 4.78 is 14.3. The first-order valence-electron chi connectivity index (χ1n) is 38.2. The highest BCUT2D eigenvalue weighted by atomic mass is 16.3. The van der Waals surface area contributed by atoms with Crippen LogP contribution in [0.25, 0.3) is 166 Å². The molecule has 0 aliphatic carbocycles. The van der Waals surface area contributed by atoms with Gasteiger partial charge >= 0.3 is 0 Å². The van der Waals surface area contributed by atoms with Gasteiger partial charge in [0, 0.05) is 61.0 Å². The van der Waals surface area contributed by atoms with Gasteiger partial charge in [-0.15, -0.1) is 0 Å². The van der Waals surface area contributed by atoms with Crippen LogP contribution in [-0.4, -0.2) is 0 Å². The van der Waals surface area contributed by atoms with Crippen molar-refractivity contribution in [2.45, 2.75) is 0 Å². The molecule has 20 aromatic rings. The van der Waals surface area contributed by atoms with Crippen LogP contribution in [0.15, 0.2) is 446 Å². The van der Waals surface area contributed by atoms with Gasteiger partial charge in [0.15, 0.2) is 0 Å². The minimum atomic E-state index is 0.805. The molecule has 0 unspecified atom stereocenters. The highest BCUT2D eigenvalue weighted by molar-refractivity contribution is 6.15. The van der Waals surface area contributed by atoms with Gasteiger partial charge in [-0.3, -0.25) is 0 Å². The van der Waals surface area contributed by atoms with Gasteiger partial charge in [0.05, 0.1) is 11.4 Å². The first-order chi connectivity index (χ1) is 55.5. The van der Waals surface area contributed by atoms with E-state index in [2.05, 4.69) is 441 Å². The molecule has 2 heterocycles. The van der Waals surface area contributed by atoms with Gasteiger partial charge in [0.25, 0.3) is 0 Å². The number of nitrogens with zero attached hydrogens (tertiary/aromatic N) is 2. The maximum Gasteiger partial charge on any atom is 0.145 e. The zero-order valence-corrected chi connectivity index (χ0v) is 61.3. The van der Waals surface area contributed by atoms with E-state index in [1.165, 1.54) is 27.8 Å². The topological polar surface area (TPSA) is 32.8 Å². The molecule has 0 fully saturated rings. The molecule has 0 saturated carbocycles. The molecular formula is C108H72N2O2. The zero-order valence-electron chi connectivity index (χ0n) is 61.3. The molecule has 4 nitrogen and oxygen atoms in total. The van der Waals surface area contributed by atoms with Gasteiger partial charge in [0.2, 0.25) is 0 Å². The number of anilines is 6. The predicted molar refractivity (Wildman–Crippen MR) is 470 cm³/mol. The molecule has 0 N–H and O–H groups in total. The van der Waals surface area contributed by atoms with Crippen molar-refractivity contribution in [3.05, 3.63) is 437 Å². The van der Waals surface area contributed by atoms with E-state index in [9.17, 15) is 0 Å². The first kappa shape index (κ1) is 66.6. The number of para-hydroxylation sites is 2. The third-order valence-electron chi connectivity index (χ3n) is 22.0. The Morgan fingerprint density at radius 2 is 0.455 bits per heavy atom. The normalized spacial score (nSPS) is 11.4. The molecule has 0 radical (unpaired) electrons. The molecule has 0 amide bonds. The monoisotopic (exact) mass is 1430 g/mol. The van der Waals surface area contributed by atoms with Crippen molar-refractivity contribution in [2.24, 2.45) is 0 Å². The minimum Gasteiger partial charge on any atom is -0.455 e. The second-order valence-corrected chi connectivity index (χ2v) is 28.6. The van der Waals surface area contributed by atoms with E-state index in [1.54, 1.807) is 0 Å². The maximum atomic E-state index is 7.43. The van der Waals surface area contributed by atoms with Gasteiger partial charge in [-0.25, -0.2) is 0 Å². The van der Waals surface area contributed by atoms with Crippen LogP contribution >= 0.6 is 0 Å². The zero-order chi connectivity index (χ0) is 74.3. The van der Waals surface area contributed by atoms with Crippen LogP contribution in [0.2, 0.25) is 0 Å². The Morgan fingerprint density at radius 3 is 0.929 bits per heavy atom. The minimum absolute atomic E-state index is 0.805. The molecule has 0 bridgehead atoms. The fourth-order valence-electron chi connectivity index (χ4n) is 16.3. The lowest BCUT2D eigenvalue weighted by atomic mass is 9.91. The van der Waals surface area contributed by atoms with Crippen molar-refractivity contribution in [1.29, 1.82) is 0 Å². The number of fused-ring (bicyclic) bond motifs is 6. The third-order valence-corrected chi connectivity index (χ3v) is 22.0. The predicted octanol–water partition coefficient (Wildman–Crippen LogP) is 30.8. The summed E-state index contributed by atoms with van der Waals surface area (Å²) in [5.74, 6) is 0. The van der Waals surface area contributed by atoms with E-state index in [0.29, 0.717) is 0 Å². The molecule has 0 spiro atoms. The summed E-state index contributed by atoms with van der Waals surface area (Å²) >= 11 is 0. The molecule has 20 rings (SSSR count). The summed E-state index contributed by atoms with van der Waals surface area (Å²) in [4.78, 5) is 4.79. The van der Waals surface area contributed by atoms with Gasteiger partial charge in [0.1, 0.15) is 22.3 Å². The average molecular weight is 1430 g/mol. The molecule has 112 heavy (non-hydrogen) atoms. The van der Waals surface area contributed by atoms with Crippen molar-refractivity contribution < 1.29 is 8.83 Å². The Balaban J connectivity index is 0.694. The molecule has 0 atom stereocenters. The first-order valence-corrected chi connectivity index (χ1v) is 38.2. The lowest BCUT2D eigenvalue weighted by Gasteiger charge is -2.28. The third kappa shape index (κ3) is 12.7. The quantitative estimate of drug-likeness (QED) is 0.0910.